The molecule has 0 bridgehead atoms. The van der Waals surface area contributed by atoms with Crippen molar-refractivity contribution in [3.63, 3.8) is 0 Å². The Bertz CT molecular complexity index is 800. The van der Waals surface area contributed by atoms with E-state index < -0.39 is 0 Å². The van der Waals surface area contributed by atoms with E-state index in [0.29, 0.717) is 23.4 Å². The molecule has 0 atom stereocenters. The van der Waals surface area contributed by atoms with E-state index in [1.165, 1.54) is 5.69 Å². The van der Waals surface area contributed by atoms with Crippen molar-refractivity contribution in [1.82, 2.24) is 9.88 Å². The van der Waals surface area contributed by atoms with E-state index in [4.69, 9.17) is 15.2 Å². The molecule has 1 fully saturated rings. The Morgan fingerprint density at radius 3 is 2.68 bits per heavy atom. The molecule has 0 spiro atoms. The molecule has 7 nitrogen and oxygen atoms in total. The monoisotopic (exact) mass is 403 g/mol. The van der Waals surface area contributed by atoms with Gasteiger partial charge in [-0.3, -0.25) is 9.89 Å². The van der Waals surface area contributed by atoms with Gasteiger partial charge in [0, 0.05) is 30.2 Å². The van der Waals surface area contributed by atoms with Crippen molar-refractivity contribution >= 4 is 23.0 Å². The Hall–Kier alpha value is -2.32. The van der Waals surface area contributed by atoms with Crippen molar-refractivity contribution in [2.45, 2.75) is 26.3 Å². The molecule has 0 amide bonds. The normalized spacial score (nSPS) is 16.2. The summed E-state index contributed by atoms with van der Waals surface area (Å²) >= 11 is 1.72. The molecule has 2 heterocycles. The lowest BCUT2D eigenvalue weighted by Crippen LogP contribution is -2.34. The van der Waals surface area contributed by atoms with Gasteiger partial charge in [-0.1, -0.05) is 0 Å². The molecule has 2 aromatic rings. The minimum absolute atomic E-state index is 0.424. The highest BCUT2D eigenvalue weighted by Crippen LogP contribution is 2.29. The summed E-state index contributed by atoms with van der Waals surface area (Å²) in [6, 6.07) is 5.58. The largest absolute Gasteiger partial charge is 0.493 e. The number of nitrogens with one attached hydrogen (secondary N) is 1. The van der Waals surface area contributed by atoms with Crippen LogP contribution in [-0.4, -0.2) is 49.7 Å². The van der Waals surface area contributed by atoms with Crippen molar-refractivity contribution in [3.8, 4) is 11.5 Å². The number of nitrogens with two attached hydrogens (primary N) is 1. The summed E-state index contributed by atoms with van der Waals surface area (Å²) in [7, 11) is 3.23. The smallest absolute Gasteiger partial charge is 0.193 e. The maximum Gasteiger partial charge on any atom is 0.193 e. The van der Waals surface area contributed by atoms with Crippen molar-refractivity contribution in [3.05, 3.63) is 34.3 Å². The van der Waals surface area contributed by atoms with Gasteiger partial charge >= 0.3 is 0 Å². The molecule has 0 radical (unpaired) electrons. The number of hydrogen-bond acceptors (Lipinski definition) is 6. The Morgan fingerprint density at radius 2 is 2.04 bits per heavy atom. The number of hydrogen-bond donors (Lipinski definition) is 2. The molecule has 1 aromatic heterocycles. The first-order valence-corrected chi connectivity index (χ1v) is 10.4. The van der Waals surface area contributed by atoms with E-state index >= 15 is 0 Å². The molecule has 152 valence electrons. The zero-order valence-corrected chi connectivity index (χ0v) is 17.6. The highest BCUT2D eigenvalue weighted by Gasteiger charge is 2.19. The lowest BCUT2D eigenvalue weighted by molar-refractivity contribution is 0.179. The minimum atomic E-state index is 0.424. The summed E-state index contributed by atoms with van der Waals surface area (Å²) in [5.74, 6) is 2.33. The molecular formula is C20H29N5O2S. The number of ether oxygens (including phenoxy) is 2. The fraction of sp³-hybridized carbons (Fsp3) is 0.500. The number of aliphatic imine (C=N–C) groups is 1. The summed E-state index contributed by atoms with van der Waals surface area (Å²) in [5, 5.41) is 6.42. The summed E-state index contributed by atoms with van der Waals surface area (Å²) < 4.78 is 10.6. The highest BCUT2D eigenvalue weighted by atomic mass is 32.1. The average molecular weight is 404 g/mol. The molecule has 1 aliphatic rings. The van der Waals surface area contributed by atoms with Gasteiger partial charge in [-0.15, -0.1) is 11.3 Å². The average Bonchev–Trinajstić information content (AvgIpc) is 3.12. The van der Waals surface area contributed by atoms with Gasteiger partial charge in [0.2, 0.25) is 0 Å². The van der Waals surface area contributed by atoms with Crippen LogP contribution in [0.3, 0.4) is 0 Å². The third-order valence-electron chi connectivity index (χ3n) is 4.94. The second-order valence-electron chi connectivity index (χ2n) is 7.00. The number of guanidine groups is 1. The molecule has 0 unspecified atom stereocenters. The van der Waals surface area contributed by atoms with Crippen molar-refractivity contribution in [1.29, 1.82) is 0 Å². The van der Waals surface area contributed by atoms with Crippen LogP contribution in [0.15, 0.2) is 28.6 Å². The fourth-order valence-electron chi connectivity index (χ4n) is 3.37. The molecule has 1 aliphatic heterocycles. The molecule has 3 N–H and O–H groups in total. The number of benzene rings is 1. The molecule has 0 saturated carbocycles. The van der Waals surface area contributed by atoms with Gasteiger partial charge in [-0.05, 0) is 50.9 Å². The van der Waals surface area contributed by atoms with Crippen LogP contribution in [0.5, 0.6) is 11.5 Å². The van der Waals surface area contributed by atoms with Crippen LogP contribution >= 0.6 is 11.3 Å². The lowest BCUT2D eigenvalue weighted by atomic mass is 9.97. The first kappa shape index (κ1) is 20.4. The van der Waals surface area contributed by atoms with Crippen LogP contribution in [0.25, 0.3) is 0 Å². The second kappa shape index (κ2) is 9.75. The van der Waals surface area contributed by atoms with E-state index in [-0.39, 0.29) is 0 Å². The molecule has 3 rings (SSSR count). The van der Waals surface area contributed by atoms with Crippen LogP contribution < -0.4 is 20.5 Å². The number of nitrogens with zero attached hydrogens (tertiary/aromatic N) is 3. The molecule has 28 heavy (non-hydrogen) atoms. The fourth-order valence-corrected chi connectivity index (χ4v) is 3.97. The van der Waals surface area contributed by atoms with E-state index in [9.17, 15) is 0 Å². The first-order valence-electron chi connectivity index (χ1n) is 9.49. The Labute approximate surface area is 170 Å². The maximum atomic E-state index is 6.07. The number of rotatable bonds is 7. The molecular weight excluding hydrogens is 374 g/mol. The second-order valence-corrected chi connectivity index (χ2v) is 8.06. The van der Waals surface area contributed by atoms with Crippen LogP contribution in [0.2, 0.25) is 0 Å². The first-order chi connectivity index (χ1) is 13.6. The number of anilines is 1. The third-order valence-corrected chi connectivity index (χ3v) is 5.76. The topological polar surface area (TPSA) is 85.0 Å². The van der Waals surface area contributed by atoms with E-state index in [1.54, 1.807) is 25.6 Å². The number of thiazole rings is 1. The number of piperidine rings is 1. The molecule has 1 saturated heterocycles. The third kappa shape index (κ3) is 5.59. The van der Waals surface area contributed by atoms with Gasteiger partial charge in [-0.2, -0.15) is 0 Å². The van der Waals surface area contributed by atoms with Crippen molar-refractivity contribution in [2.75, 3.05) is 39.2 Å². The van der Waals surface area contributed by atoms with Crippen LogP contribution in [0.4, 0.5) is 5.69 Å². The van der Waals surface area contributed by atoms with Gasteiger partial charge in [0.1, 0.15) is 0 Å². The van der Waals surface area contributed by atoms with Crippen LogP contribution in [-0.2, 0) is 6.54 Å². The zero-order chi connectivity index (χ0) is 19.9. The van der Waals surface area contributed by atoms with E-state index in [2.05, 4.69) is 32.5 Å². The van der Waals surface area contributed by atoms with Crippen molar-refractivity contribution in [2.24, 2.45) is 16.6 Å². The Kier molecular flexibility index (Phi) is 7.11. The van der Waals surface area contributed by atoms with E-state index in [1.807, 2.05) is 18.2 Å². The van der Waals surface area contributed by atoms with Gasteiger partial charge < -0.3 is 20.5 Å². The van der Waals surface area contributed by atoms with Gasteiger partial charge in [0.25, 0.3) is 0 Å². The number of likely N-dealkylation sites (tertiary alicyclic amines) is 1. The quantitative estimate of drug-likeness (QED) is 0.546. The Morgan fingerprint density at radius 1 is 1.29 bits per heavy atom. The SMILES string of the molecule is COc1ccc(NC(N)=NCC2CCN(Cc3csc(C)n3)CC2)cc1OC. The van der Waals surface area contributed by atoms with E-state index in [0.717, 1.165) is 49.7 Å². The maximum absolute atomic E-state index is 6.07. The summed E-state index contributed by atoms with van der Waals surface area (Å²) in [5.41, 5.74) is 8.07. The predicted molar refractivity (Wildman–Crippen MR) is 115 cm³/mol. The van der Waals surface area contributed by atoms with Crippen molar-refractivity contribution < 1.29 is 9.47 Å². The van der Waals surface area contributed by atoms with Crippen LogP contribution in [0.1, 0.15) is 23.5 Å². The standard InChI is InChI=1S/C20H29N5O2S/c1-14-23-17(13-28-14)12-25-8-6-15(7-9-25)11-22-20(21)24-16-4-5-18(26-2)19(10-16)27-3/h4-5,10,13,15H,6-9,11-12H2,1-3H3,(H3,21,22,24). The zero-order valence-electron chi connectivity index (χ0n) is 16.8. The molecule has 1 aromatic carbocycles. The minimum Gasteiger partial charge on any atom is -0.493 e. The van der Waals surface area contributed by atoms with Crippen LogP contribution in [0, 0.1) is 12.8 Å². The Balaban J connectivity index is 1.45. The summed E-state index contributed by atoms with van der Waals surface area (Å²) in [4.78, 5) is 11.6. The molecule has 8 heteroatoms. The predicted octanol–water partition coefficient (Wildman–Crippen LogP) is 3.11. The number of methoxy groups -OCH3 is 2. The summed E-state index contributed by atoms with van der Waals surface area (Å²) in [6.45, 7) is 5.91. The molecule has 0 aliphatic carbocycles. The highest BCUT2D eigenvalue weighted by molar-refractivity contribution is 7.09. The van der Waals surface area contributed by atoms with Gasteiger partial charge in [0.05, 0.1) is 24.9 Å². The van der Waals surface area contributed by atoms with Gasteiger partial charge in [0.15, 0.2) is 17.5 Å². The summed E-state index contributed by atoms with van der Waals surface area (Å²) in [6.07, 6.45) is 2.27. The number of aromatic nitrogens is 1. The number of aryl methyl sites for hydroxylation is 1. The van der Waals surface area contributed by atoms with Gasteiger partial charge in [-0.25, -0.2) is 4.98 Å². The lowest BCUT2D eigenvalue weighted by Gasteiger charge is -2.30.